The lowest BCUT2D eigenvalue weighted by Crippen LogP contribution is -2.32. The highest BCUT2D eigenvalue weighted by Crippen LogP contribution is 2.29. The molecule has 2 heterocycles. The van der Waals surface area contributed by atoms with E-state index in [1.165, 1.54) is 11.3 Å². The Labute approximate surface area is 132 Å². The lowest BCUT2D eigenvalue weighted by atomic mass is 10.3. The zero-order valence-electron chi connectivity index (χ0n) is 12.4. The predicted molar refractivity (Wildman–Crippen MR) is 86.5 cm³/mol. The fraction of sp³-hybridized carbons (Fsp3) is 0.467. The average Bonchev–Trinajstić information content (AvgIpc) is 3.04. The minimum absolute atomic E-state index is 0.0989. The van der Waals surface area contributed by atoms with E-state index >= 15 is 0 Å². The zero-order chi connectivity index (χ0) is 15.5. The first-order valence-corrected chi connectivity index (χ1v) is 8.19. The van der Waals surface area contributed by atoms with Crippen LogP contribution in [0.5, 0.6) is 5.75 Å². The van der Waals surface area contributed by atoms with Gasteiger partial charge in [0, 0.05) is 13.1 Å². The molecule has 118 valence electrons. The number of nitrogens with one attached hydrogen (secondary N) is 1. The molecule has 0 radical (unpaired) electrons. The third-order valence-electron chi connectivity index (χ3n) is 3.53. The number of likely N-dealkylation sites (tertiary alicyclic amines) is 1. The summed E-state index contributed by atoms with van der Waals surface area (Å²) in [5.41, 5.74) is 0.848. The van der Waals surface area contributed by atoms with Crippen molar-refractivity contribution >= 4 is 32.6 Å². The van der Waals surface area contributed by atoms with Crippen molar-refractivity contribution in [2.75, 3.05) is 31.6 Å². The summed E-state index contributed by atoms with van der Waals surface area (Å²) in [4.78, 5) is 18.4. The molecule has 1 aliphatic heterocycles. The van der Waals surface area contributed by atoms with E-state index < -0.39 is 0 Å². The van der Waals surface area contributed by atoms with Crippen molar-refractivity contribution in [3.8, 4) is 5.75 Å². The summed E-state index contributed by atoms with van der Waals surface area (Å²) in [6, 6.07) is 5.70. The molecule has 0 spiro atoms. The van der Waals surface area contributed by atoms with Gasteiger partial charge in [-0.25, -0.2) is 4.98 Å². The molecule has 0 saturated carbocycles. The van der Waals surface area contributed by atoms with E-state index in [1.54, 1.807) is 0 Å². The van der Waals surface area contributed by atoms with Crippen molar-refractivity contribution < 1.29 is 14.6 Å². The second kappa shape index (κ2) is 6.60. The molecule has 1 unspecified atom stereocenters. The number of aliphatic hydroxyl groups excluding tert-OH is 1. The molecule has 1 aromatic heterocycles. The standard InChI is InChI=1S/C15H19N3O3S/c1-2-21-11-3-4-12-13(7-11)22-15(16-12)17-14(20)9-18-6-5-10(19)8-18/h3-4,7,10,19H,2,5-6,8-9H2,1H3,(H,16,17,20). The largest absolute Gasteiger partial charge is 0.494 e. The number of anilines is 1. The van der Waals surface area contributed by atoms with Gasteiger partial charge in [-0.15, -0.1) is 0 Å². The number of thiazole rings is 1. The van der Waals surface area contributed by atoms with Crippen LogP contribution in [0.25, 0.3) is 10.2 Å². The highest BCUT2D eigenvalue weighted by atomic mass is 32.1. The summed E-state index contributed by atoms with van der Waals surface area (Å²) < 4.78 is 6.45. The maximum Gasteiger partial charge on any atom is 0.240 e. The van der Waals surface area contributed by atoms with Crippen LogP contribution in [0.4, 0.5) is 5.13 Å². The van der Waals surface area contributed by atoms with Crippen molar-refractivity contribution in [2.45, 2.75) is 19.4 Å². The molecule has 1 amide bonds. The van der Waals surface area contributed by atoms with Gasteiger partial charge in [0.25, 0.3) is 0 Å². The Hall–Kier alpha value is -1.70. The van der Waals surface area contributed by atoms with E-state index in [0.29, 0.717) is 18.3 Å². The van der Waals surface area contributed by atoms with Crippen LogP contribution in [0, 0.1) is 0 Å². The van der Waals surface area contributed by atoms with Crippen LogP contribution in [0.15, 0.2) is 18.2 Å². The Balaban J connectivity index is 1.64. The number of fused-ring (bicyclic) bond motifs is 1. The van der Waals surface area contributed by atoms with Crippen LogP contribution in [0.1, 0.15) is 13.3 Å². The Morgan fingerprint density at radius 2 is 2.45 bits per heavy atom. The Kier molecular flexibility index (Phi) is 4.56. The molecule has 1 aliphatic rings. The fourth-order valence-electron chi connectivity index (χ4n) is 2.53. The van der Waals surface area contributed by atoms with Crippen molar-refractivity contribution in [1.29, 1.82) is 0 Å². The molecule has 7 heteroatoms. The summed E-state index contributed by atoms with van der Waals surface area (Å²) in [6.45, 7) is 4.17. The molecule has 3 rings (SSSR count). The van der Waals surface area contributed by atoms with Gasteiger partial charge in [0.15, 0.2) is 5.13 Å². The Morgan fingerprint density at radius 3 is 3.18 bits per heavy atom. The van der Waals surface area contributed by atoms with E-state index in [0.717, 1.165) is 28.9 Å². The van der Waals surface area contributed by atoms with Gasteiger partial charge in [-0.3, -0.25) is 9.69 Å². The molecule has 0 aliphatic carbocycles. The molecule has 6 nitrogen and oxygen atoms in total. The third-order valence-corrected chi connectivity index (χ3v) is 4.47. The minimum atomic E-state index is -0.313. The van der Waals surface area contributed by atoms with Gasteiger partial charge in [-0.05, 0) is 31.5 Å². The number of nitrogens with zero attached hydrogens (tertiary/aromatic N) is 2. The van der Waals surface area contributed by atoms with Crippen molar-refractivity contribution in [3.05, 3.63) is 18.2 Å². The summed E-state index contributed by atoms with van der Waals surface area (Å²) in [5, 5.41) is 12.9. The molecule has 0 bridgehead atoms. The van der Waals surface area contributed by atoms with Crippen molar-refractivity contribution in [2.24, 2.45) is 0 Å². The molecule has 1 atom stereocenters. The van der Waals surface area contributed by atoms with Crippen LogP contribution < -0.4 is 10.1 Å². The molecular formula is C15H19N3O3S. The number of hydrogen-bond donors (Lipinski definition) is 2. The van der Waals surface area contributed by atoms with Gasteiger partial charge in [0.2, 0.25) is 5.91 Å². The van der Waals surface area contributed by atoms with Crippen LogP contribution in [0.3, 0.4) is 0 Å². The quantitative estimate of drug-likeness (QED) is 0.877. The van der Waals surface area contributed by atoms with E-state index in [2.05, 4.69) is 10.3 Å². The summed E-state index contributed by atoms with van der Waals surface area (Å²) in [7, 11) is 0. The maximum absolute atomic E-state index is 12.0. The Morgan fingerprint density at radius 1 is 1.59 bits per heavy atom. The van der Waals surface area contributed by atoms with Gasteiger partial charge < -0.3 is 15.2 Å². The lowest BCUT2D eigenvalue weighted by molar-refractivity contribution is -0.117. The van der Waals surface area contributed by atoms with Crippen LogP contribution in [-0.2, 0) is 4.79 Å². The van der Waals surface area contributed by atoms with Gasteiger partial charge in [-0.2, -0.15) is 0 Å². The summed E-state index contributed by atoms with van der Waals surface area (Å²) in [5.74, 6) is 0.709. The minimum Gasteiger partial charge on any atom is -0.494 e. The van der Waals surface area contributed by atoms with E-state index in [1.807, 2.05) is 30.0 Å². The number of ether oxygens (including phenoxy) is 1. The molecule has 1 saturated heterocycles. The number of aliphatic hydroxyl groups is 1. The predicted octanol–water partition coefficient (Wildman–Crippen LogP) is 1.70. The number of β-amino-alcohol motifs (C(OH)–C–C–N with tert-alkyl or cyclic N) is 1. The third kappa shape index (κ3) is 3.55. The first kappa shape index (κ1) is 15.2. The van der Waals surface area contributed by atoms with Gasteiger partial charge in [0.05, 0.1) is 29.5 Å². The topological polar surface area (TPSA) is 74.7 Å². The first-order valence-electron chi connectivity index (χ1n) is 7.37. The SMILES string of the molecule is CCOc1ccc2nc(NC(=O)CN3CCC(O)C3)sc2c1. The number of aromatic nitrogens is 1. The van der Waals surface area contributed by atoms with Crippen LogP contribution in [0.2, 0.25) is 0 Å². The number of rotatable bonds is 5. The maximum atomic E-state index is 12.0. The number of carbonyl (C=O) groups is 1. The molecular weight excluding hydrogens is 302 g/mol. The smallest absolute Gasteiger partial charge is 0.240 e. The van der Waals surface area contributed by atoms with E-state index in [9.17, 15) is 9.90 Å². The monoisotopic (exact) mass is 321 g/mol. The zero-order valence-corrected chi connectivity index (χ0v) is 13.2. The second-order valence-corrected chi connectivity index (χ2v) is 6.34. The van der Waals surface area contributed by atoms with Crippen LogP contribution in [-0.4, -0.2) is 53.2 Å². The first-order chi connectivity index (χ1) is 10.6. The van der Waals surface area contributed by atoms with Gasteiger partial charge >= 0.3 is 0 Å². The molecule has 2 aromatic rings. The van der Waals surface area contributed by atoms with E-state index in [4.69, 9.17) is 4.74 Å². The van der Waals surface area contributed by atoms with Crippen molar-refractivity contribution in [1.82, 2.24) is 9.88 Å². The summed E-state index contributed by atoms with van der Waals surface area (Å²) in [6.07, 6.45) is 0.418. The molecule has 22 heavy (non-hydrogen) atoms. The van der Waals surface area contributed by atoms with Gasteiger partial charge in [0.1, 0.15) is 5.75 Å². The van der Waals surface area contributed by atoms with Crippen LogP contribution >= 0.6 is 11.3 Å². The number of amides is 1. The molecule has 1 fully saturated rings. The van der Waals surface area contributed by atoms with Crippen molar-refractivity contribution in [3.63, 3.8) is 0 Å². The number of carbonyl (C=O) groups excluding carboxylic acids is 1. The lowest BCUT2D eigenvalue weighted by Gasteiger charge is -2.13. The highest BCUT2D eigenvalue weighted by molar-refractivity contribution is 7.22. The second-order valence-electron chi connectivity index (χ2n) is 5.31. The summed E-state index contributed by atoms with van der Waals surface area (Å²) >= 11 is 1.43. The normalized spacial score (nSPS) is 18.7. The van der Waals surface area contributed by atoms with E-state index in [-0.39, 0.29) is 18.6 Å². The van der Waals surface area contributed by atoms with Gasteiger partial charge in [-0.1, -0.05) is 11.3 Å². The molecule has 1 aromatic carbocycles. The molecule has 2 N–H and O–H groups in total. The number of benzene rings is 1. The Bertz CT molecular complexity index is 673. The number of hydrogen-bond acceptors (Lipinski definition) is 6. The average molecular weight is 321 g/mol. The highest BCUT2D eigenvalue weighted by Gasteiger charge is 2.22. The fourth-order valence-corrected chi connectivity index (χ4v) is 3.44.